The smallest absolute Gasteiger partial charge is 0.144 e. The van der Waals surface area contributed by atoms with Gasteiger partial charge in [-0.3, -0.25) is 9.80 Å². The molecule has 0 aliphatic carbocycles. The average molecular weight is 291 g/mol. The molecule has 1 fully saturated rings. The third-order valence-electron chi connectivity index (χ3n) is 3.96. The number of piperazine rings is 1. The number of rotatable bonds is 6. The summed E-state index contributed by atoms with van der Waals surface area (Å²) in [6.45, 7) is 15.1. The molecule has 0 aromatic carbocycles. The number of nitrogens with zero attached hydrogens (tertiary/aromatic N) is 4. The average Bonchev–Trinajstić information content (AvgIpc) is 2.45. The van der Waals surface area contributed by atoms with Gasteiger partial charge in [0.05, 0.1) is 6.54 Å². The molecule has 0 bridgehead atoms. The minimum atomic E-state index is 0.646. The van der Waals surface area contributed by atoms with E-state index in [1.165, 1.54) is 0 Å². The summed E-state index contributed by atoms with van der Waals surface area (Å²) < 4.78 is 0. The van der Waals surface area contributed by atoms with Gasteiger partial charge in [0.25, 0.3) is 0 Å². The Balaban J connectivity index is 1.92. The van der Waals surface area contributed by atoms with Crippen LogP contribution in [0.5, 0.6) is 0 Å². The highest BCUT2D eigenvalue weighted by molar-refractivity contribution is 5.35. The quantitative estimate of drug-likeness (QED) is 0.870. The first-order valence-corrected chi connectivity index (χ1v) is 8.13. The molecule has 21 heavy (non-hydrogen) atoms. The first-order valence-electron chi connectivity index (χ1n) is 8.13. The van der Waals surface area contributed by atoms with Gasteiger partial charge in [-0.2, -0.15) is 0 Å². The van der Waals surface area contributed by atoms with Gasteiger partial charge in [0.15, 0.2) is 0 Å². The van der Waals surface area contributed by atoms with Gasteiger partial charge < -0.3 is 5.32 Å². The van der Waals surface area contributed by atoms with E-state index in [1.807, 2.05) is 13.0 Å². The van der Waals surface area contributed by atoms with Crippen molar-refractivity contribution in [2.24, 2.45) is 0 Å². The highest BCUT2D eigenvalue weighted by Gasteiger charge is 2.19. The third kappa shape index (κ3) is 4.93. The molecule has 1 aliphatic heterocycles. The van der Waals surface area contributed by atoms with Crippen molar-refractivity contribution in [3.63, 3.8) is 0 Å². The van der Waals surface area contributed by atoms with Crippen LogP contribution in [-0.2, 0) is 6.54 Å². The molecule has 118 valence electrons. The van der Waals surface area contributed by atoms with E-state index in [1.54, 1.807) is 0 Å². The molecule has 1 saturated heterocycles. The van der Waals surface area contributed by atoms with Crippen molar-refractivity contribution >= 4 is 5.82 Å². The molecule has 0 saturated carbocycles. The number of nitrogens with one attached hydrogen (secondary N) is 1. The van der Waals surface area contributed by atoms with Crippen molar-refractivity contribution in [1.82, 2.24) is 19.8 Å². The van der Waals surface area contributed by atoms with E-state index in [0.29, 0.717) is 6.04 Å². The van der Waals surface area contributed by atoms with Crippen molar-refractivity contribution < 1.29 is 0 Å². The lowest BCUT2D eigenvalue weighted by atomic mass is 10.2. The fourth-order valence-corrected chi connectivity index (χ4v) is 2.68. The van der Waals surface area contributed by atoms with Crippen LogP contribution >= 0.6 is 0 Å². The van der Waals surface area contributed by atoms with Crippen molar-refractivity contribution in [1.29, 1.82) is 0 Å². The Bertz CT molecular complexity index is 438. The molecule has 0 unspecified atom stereocenters. The molecule has 1 aliphatic rings. The fourth-order valence-electron chi connectivity index (χ4n) is 2.68. The van der Waals surface area contributed by atoms with Crippen molar-refractivity contribution in [2.75, 3.05) is 38.0 Å². The maximum Gasteiger partial charge on any atom is 0.144 e. The Morgan fingerprint density at radius 3 is 2.52 bits per heavy atom. The molecule has 5 nitrogen and oxygen atoms in total. The van der Waals surface area contributed by atoms with E-state index >= 15 is 0 Å². The summed E-state index contributed by atoms with van der Waals surface area (Å²) >= 11 is 0. The van der Waals surface area contributed by atoms with Crippen LogP contribution in [-0.4, -0.2) is 58.5 Å². The molecule has 0 atom stereocenters. The van der Waals surface area contributed by atoms with E-state index in [-0.39, 0.29) is 0 Å². The van der Waals surface area contributed by atoms with Gasteiger partial charge in [-0.05, 0) is 27.2 Å². The second-order valence-corrected chi connectivity index (χ2v) is 6.14. The molecule has 0 spiro atoms. The van der Waals surface area contributed by atoms with Gasteiger partial charge in [0.2, 0.25) is 0 Å². The largest absolute Gasteiger partial charge is 0.370 e. The number of anilines is 1. The van der Waals surface area contributed by atoms with E-state index in [2.05, 4.69) is 45.9 Å². The molecule has 1 N–H and O–H groups in total. The maximum atomic E-state index is 4.64. The van der Waals surface area contributed by atoms with Crippen LogP contribution in [0, 0.1) is 6.92 Å². The van der Waals surface area contributed by atoms with E-state index in [4.69, 9.17) is 0 Å². The molecule has 2 rings (SSSR count). The normalized spacial score (nSPS) is 17.4. The summed E-state index contributed by atoms with van der Waals surface area (Å²) in [4.78, 5) is 14.2. The van der Waals surface area contributed by atoms with Gasteiger partial charge in [-0.15, -0.1) is 0 Å². The summed E-state index contributed by atoms with van der Waals surface area (Å²) in [6.07, 6.45) is 1.11. The Kier molecular flexibility index (Phi) is 5.94. The predicted molar refractivity (Wildman–Crippen MR) is 87.5 cm³/mol. The number of hydrogen-bond acceptors (Lipinski definition) is 5. The van der Waals surface area contributed by atoms with Crippen LogP contribution in [0.2, 0.25) is 0 Å². The summed E-state index contributed by atoms with van der Waals surface area (Å²) in [5.74, 6) is 1.90. The Morgan fingerprint density at radius 1 is 1.19 bits per heavy atom. The predicted octanol–water partition coefficient (Wildman–Crippen LogP) is 2.13. The van der Waals surface area contributed by atoms with Gasteiger partial charge in [0, 0.05) is 50.5 Å². The molecule has 1 aromatic heterocycles. The number of aryl methyl sites for hydroxylation is 1. The molecule has 5 heteroatoms. The van der Waals surface area contributed by atoms with Gasteiger partial charge in [0.1, 0.15) is 11.6 Å². The maximum absolute atomic E-state index is 4.64. The van der Waals surface area contributed by atoms with Gasteiger partial charge in [-0.25, -0.2) is 9.97 Å². The Morgan fingerprint density at radius 2 is 1.90 bits per heavy atom. The lowest BCUT2D eigenvalue weighted by Gasteiger charge is -2.36. The van der Waals surface area contributed by atoms with Crippen molar-refractivity contribution in [2.45, 2.75) is 46.7 Å². The Hall–Kier alpha value is -1.20. The van der Waals surface area contributed by atoms with Crippen LogP contribution in [0.25, 0.3) is 0 Å². The van der Waals surface area contributed by atoms with Crippen LogP contribution in [0.1, 0.15) is 38.7 Å². The first kappa shape index (κ1) is 16.2. The molecular formula is C16H29N5. The number of aromatic nitrogens is 2. The molecular weight excluding hydrogens is 262 g/mol. The molecule has 0 radical (unpaired) electrons. The van der Waals surface area contributed by atoms with E-state index in [9.17, 15) is 0 Å². The molecule has 0 amide bonds. The standard InChI is InChI=1S/C16H29N5/c1-5-6-17-15-11-14(4)18-16(19-15)12-20-7-9-21(10-8-20)13(2)3/h11,13H,5-10,12H2,1-4H3,(H,17,18,19). The highest BCUT2D eigenvalue weighted by atomic mass is 15.3. The summed E-state index contributed by atoms with van der Waals surface area (Å²) in [5.41, 5.74) is 1.04. The van der Waals surface area contributed by atoms with Gasteiger partial charge >= 0.3 is 0 Å². The Labute approximate surface area is 128 Å². The summed E-state index contributed by atoms with van der Waals surface area (Å²) in [6, 6.07) is 2.67. The van der Waals surface area contributed by atoms with Crippen LogP contribution in [0.3, 0.4) is 0 Å². The van der Waals surface area contributed by atoms with Crippen LogP contribution < -0.4 is 5.32 Å². The summed E-state index contributed by atoms with van der Waals surface area (Å²) in [5, 5.41) is 3.36. The third-order valence-corrected chi connectivity index (χ3v) is 3.96. The van der Waals surface area contributed by atoms with Crippen molar-refractivity contribution in [3.05, 3.63) is 17.6 Å². The zero-order valence-corrected chi connectivity index (χ0v) is 13.9. The fraction of sp³-hybridized carbons (Fsp3) is 0.750. The van der Waals surface area contributed by atoms with Crippen LogP contribution in [0.4, 0.5) is 5.82 Å². The minimum Gasteiger partial charge on any atom is -0.370 e. The second-order valence-electron chi connectivity index (χ2n) is 6.14. The molecule has 1 aromatic rings. The van der Waals surface area contributed by atoms with E-state index < -0.39 is 0 Å². The molecule has 2 heterocycles. The monoisotopic (exact) mass is 291 g/mol. The lowest BCUT2D eigenvalue weighted by Crippen LogP contribution is -2.48. The SMILES string of the molecule is CCCNc1cc(C)nc(CN2CCN(C(C)C)CC2)n1. The summed E-state index contributed by atoms with van der Waals surface area (Å²) in [7, 11) is 0. The lowest BCUT2D eigenvalue weighted by molar-refractivity contribution is 0.102. The topological polar surface area (TPSA) is 44.3 Å². The van der Waals surface area contributed by atoms with E-state index in [0.717, 1.165) is 63.0 Å². The van der Waals surface area contributed by atoms with Crippen molar-refractivity contribution in [3.8, 4) is 0 Å². The zero-order chi connectivity index (χ0) is 15.2. The second kappa shape index (κ2) is 7.71. The van der Waals surface area contributed by atoms with Crippen LogP contribution in [0.15, 0.2) is 6.07 Å². The minimum absolute atomic E-state index is 0.646. The zero-order valence-electron chi connectivity index (χ0n) is 13.9. The number of hydrogen-bond donors (Lipinski definition) is 1. The van der Waals surface area contributed by atoms with Gasteiger partial charge in [-0.1, -0.05) is 6.92 Å². The first-order chi connectivity index (χ1) is 10.1. The highest BCUT2D eigenvalue weighted by Crippen LogP contribution is 2.11.